The number of carbonyl (C=O) groups is 1. The van der Waals surface area contributed by atoms with Crippen molar-refractivity contribution in [1.29, 1.82) is 0 Å². The van der Waals surface area contributed by atoms with E-state index in [9.17, 15) is 4.79 Å². The quantitative estimate of drug-likeness (QED) is 0.595. The third kappa shape index (κ3) is 6.55. The summed E-state index contributed by atoms with van der Waals surface area (Å²) in [4.78, 5) is 15.8. The van der Waals surface area contributed by atoms with Crippen LogP contribution in [0.15, 0.2) is 18.2 Å². The summed E-state index contributed by atoms with van der Waals surface area (Å²) in [7, 11) is 0. The minimum atomic E-state index is -0.0730. The average Bonchev–Trinajstić information content (AvgIpc) is 2.42. The van der Waals surface area contributed by atoms with Crippen LogP contribution >= 0.6 is 0 Å². The number of anilines is 1. The zero-order chi connectivity index (χ0) is 13.9. The van der Waals surface area contributed by atoms with E-state index in [4.69, 9.17) is 10.5 Å². The highest BCUT2D eigenvalue weighted by Gasteiger charge is 2.03. The van der Waals surface area contributed by atoms with Crippen LogP contribution in [0, 0.1) is 11.8 Å². The minimum absolute atomic E-state index is 0.0730. The number of rotatable bonds is 6. The maximum absolute atomic E-state index is 11.6. The fraction of sp³-hybridized carbons (Fsp3) is 0.429. The molecule has 102 valence electrons. The molecule has 0 radical (unpaired) electrons. The van der Waals surface area contributed by atoms with Crippen LogP contribution in [0.5, 0.6) is 0 Å². The molecule has 1 aromatic heterocycles. The summed E-state index contributed by atoms with van der Waals surface area (Å²) < 4.78 is 5.17. The lowest BCUT2D eigenvalue weighted by Gasteiger charge is -2.04. The molecule has 5 nitrogen and oxygen atoms in total. The number of nitrogens with one attached hydrogen (secondary N) is 1. The molecule has 0 saturated heterocycles. The molecular formula is C14H19N3O2. The second-order valence-electron chi connectivity index (χ2n) is 3.76. The molecule has 0 bridgehead atoms. The molecule has 3 N–H and O–H groups in total. The molecule has 1 amide bonds. The second kappa shape index (κ2) is 9.09. The summed E-state index contributed by atoms with van der Waals surface area (Å²) in [6.45, 7) is 3.48. The van der Waals surface area contributed by atoms with Crippen LogP contribution in [0.1, 0.15) is 25.5 Å². The molecule has 0 aliphatic heterocycles. The van der Waals surface area contributed by atoms with Gasteiger partial charge in [-0.1, -0.05) is 12.0 Å². The molecule has 0 spiro atoms. The van der Waals surface area contributed by atoms with E-state index in [-0.39, 0.29) is 12.5 Å². The molecule has 1 heterocycles. The summed E-state index contributed by atoms with van der Waals surface area (Å²) in [5, 5.41) is 2.73. The zero-order valence-corrected chi connectivity index (χ0v) is 11.1. The summed E-state index contributed by atoms with van der Waals surface area (Å²) in [6, 6.07) is 5.30. The van der Waals surface area contributed by atoms with Crippen molar-refractivity contribution in [1.82, 2.24) is 4.98 Å². The monoisotopic (exact) mass is 261 g/mol. The lowest BCUT2D eigenvalue weighted by molar-refractivity contribution is -0.116. The number of aromatic nitrogens is 1. The van der Waals surface area contributed by atoms with Gasteiger partial charge in [0.2, 0.25) is 5.91 Å². The molecule has 0 aliphatic rings. The second-order valence-corrected chi connectivity index (χ2v) is 3.76. The fourth-order valence-corrected chi connectivity index (χ4v) is 1.40. The van der Waals surface area contributed by atoms with E-state index in [1.54, 1.807) is 18.2 Å². The Morgan fingerprint density at radius 2 is 2.37 bits per heavy atom. The van der Waals surface area contributed by atoms with Crippen molar-refractivity contribution in [3.05, 3.63) is 23.9 Å². The molecule has 0 aromatic carbocycles. The van der Waals surface area contributed by atoms with Crippen LogP contribution in [-0.2, 0) is 9.53 Å². The number of amides is 1. The van der Waals surface area contributed by atoms with E-state index >= 15 is 0 Å². The minimum Gasteiger partial charge on any atom is -0.382 e. The lowest BCUT2D eigenvalue weighted by atomic mass is 10.3. The molecule has 1 rings (SSSR count). The number of carbonyl (C=O) groups excluding carboxylic acids is 1. The normalized spacial score (nSPS) is 9.58. The van der Waals surface area contributed by atoms with Gasteiger partial charge in [-0.3, -0.25) is 4.79 Å². The van der Waals surface area contributed by atoms with Gasteiger partial charge in [0.05, 0.1) is 6.54 Å². The Kier molecular flexibility index (Phi) is 7.25. The number of hydrogen-bond donors (Lipinski definition) is 2. The number of pyridine rings is 1. The molecule has 0 atom stereocenters. The van der Waals surface area contributed by atoms with Crippen molar-refractivity contribution < 1.29 is 9.53 Å². The topological polar surface area (TPSA) is 77.2 Å². The predicted molar refractivity (Wildman–Crippen MR) is 74.5 cm³/mol. The van der Waals surface area contributed by atoms with E-state index in [0.29, 0.717) is 37.6 Å². The summed E-state index contributed by atoms with van der Waals surface area (Å²) >= 11 is 0. The van der Waals surface area contributed by atoms with E-state index in [2.05, 4.69) is 22.1 Å². The van der Waals surface area contributed by atoms with Crippen molar-refractivity contribution in [2.45, 2.75) is 19.8 Å². The Hall–Kier alpha value is -1.90. The molecular weight excluding hydrogens is 242 g/mol. The van der Waals surface area contributed by atoms with Crippen molar-refractivity contribution in [3.63, 3.8) is 0 Å². The average molecular weight is 261 g/mol. The first kappa shape index (κ1) is 15.2. The van der Waals surface area contributed by atoms with Crippen LogP contribution in [0.25, 0.3) is 0 Å². The first-order valence-electron chi connectivity index (χ1n) is 6.30. The first-order chi connectivity index (χ1) is 9.26. The maximum atomic E-state index is 11.6. The summed E-state index contributed by atoms with van der Waals surface area (Å²) in [6.07, 6.45) is 1.12. The number of hydrogen-bond acceptors (Lipinski definition) is 4. The van der Waals surface area contributed by atoms with Gasteiger partial charge in [-0.15, -0.1) is 0 Å². The maximum Gasteiger partial charge on any atom is 0.225 e. The van der Waals surface area contributed by atoms with E-state index in [1.165, 1.54) is 0 Å². The molecule has 5 heteroatoms. The summed E-state index contributed by atoms with van der Waals surface area (Å²) in [5.41, 5.74) is 5.89. The Bertz CT molecular complexity index is 463. The Morgan fingerprint density at radius 3 is 3.11 bits per heavy atom. The molecule has 19 heavy (non-hydrogen) atoms. The number of nitrogens with zero attached hydrogens (tertiary/aromatic N) is 1. The smallest absolute Gasteiger partial charge is 0.225 e. The summed E-state index contributed by atoms with van der Waals surface area (Å²) in [5.74, 6) is 5.97. The highest BCUT2D eigenvalue weighted by molar-refractivity contribution is 5.89. The van der Waals surface area contributed by atoms with Crippen molar-refractivity contribution >= 4 is 11.7 Å². The van der Waals surface area contributed by atoms with Gasteiger partial charge >= 0.3 is 0 Å². The van der Waals surface area contributed by atoms with Crippen molar-refractivity contribution in [3.8, 4) is 11.8 Å². The van der Waals surface area contributed by atoms with Gasteiger partial charge < -0.3 is 15.8 Å². The van der Waals surface area contributed by atoms with Crippen LogP contribution in [0.3, 0.4) is 0 Å². The van der Waals surface area contributed by atoms with E-state index < -0.39 is 0 Å². The largest absolute Gasteiger partial charge is 0.382 e. The SMILES string of the molecule is CCOCCCC(=O)Nc1cccc(C#CCN)n1. The van der Waals surface area contributed by atoms with Crippen LogP contribution in [0.2, 0.25) is 0 Å². The number of ether oxygens (including phenoxy) is 1. The van der Waals surface area contributed by atoms with E-state index in [1.807, 2.05) is 6.92 Å². The number of nitrogens with two attached hydrogens (primary N) is 1. The van der Waals surface area contributed by atoms with E-state index in [0.717, 1.165) is 0 Å². The van der Waals surface area contributed by atoms with Crippen molar-refractivity contribution in [2.24, 2.45) is 5.73 Å². The predicted octanol–water partition coefficient (Wildman–Crippen LogP) is 1.15. The zero-order valence-electron chi connectivity index (χ0n) is 11.1. The third-order valence-corrected chi connectivity index (χ3v) is 2.23. The van der Waals surface area contributed by atoms with Gasteiger partial charge in [-0.2, -0.15) is 0 Å². The van der Waals surface area contributed by atoms with Gasteiger partial charge in [0, 0.05) is 19.6 Å². The fourth-order valence-electron chi connectivity index (χ4n) is 1.40. The van der Waals surface area contributed by atoms with Crippen LogP contribution in [-0.4, -0.2) is 30.6 Å². The Labute approximate surface area is 113 Å². The van der Waals surface area contributed by atoms with Gasteiger partial charge in [-0.25, -0.2) is 4.98 Å². The van der Waals surface area contributed by atoms with Crippen LogP contribution < -0.4 is 11.1 Å². The molecule has 0 fully saturated rings. The van der Waals surface area contributed by atoms with Crippen LogP contribution in [0.4, 0.5) is 5.82 Å². The molecule has 0 aliphatic carbocycles. The highest BCUT2D eigenvalue weighted by Crippen LogP contribution is 2.05. The third-order valence-electron chi connectivity index (χ3n) is 2.23. The van der Waals surface area contributed by atoms with Gasteiger partial charge in [0.15, 0.2) is 0 Å². The van der Waals surface area contributed by atoms with Gasteiger partial charge in [0.1, 0.15) is 11.5 Å². The van der Waals surface area contributed by atoms with Crippen molar-refractivity contribution in [2.75, 3.05) is 25.1 Å². The van der Waals surface area contributed by atoms with Gasteiger partial charge in [0.25, 0.3) is 0 Å². The molecule has 0 unspecified atom stereocenters. The first-order valence-corrected chi connectivity index (χ1v) is 6.30. The van der Waals surface area contributed by atoms with Gasteiger partial charge in [-0.05, 0) is 31.4 Å². The highest BCUT2D eigenvalue weighted by atomic mass is 16.5. The lowest BCUT2D eigenvalue weighted by Crippen LogP contribution is -2.13. The standard InChI is InChI=1S/C14H19N3O2/c1-2-19-11-5-9-14(18)17-13-8-3-6-12(16-13)7-4-10-15/h3,6,8H,2,5,9-11,15H2,1H3,(H,16,17,18). The Balaban J connectivity index is 2.45. The molecule has 0 saturated carbocycles. The Morgan fingerprint density at radius 1 is 1.53 bits per heavy atom. The molecule has 1 aromatic rings.